The predicted octanol–water partition coefficient (Wildman–Crippen LogP) is 6.15. The first kappa shape index (κ1) is 23.3. The van der Waals surface area contributed by atoms with Gasteiger partial charge in [-0.25, -0.2) is 9.98 Å². The third-order valence-corrected chi connectivity index (χ3v) is 6.69. The topological polar surface area (TPSA) is 68.9 Å². The Labute approximate surface area is 227 Å². The van der Waals surface area contributed by atoms with Crippen molar-refractivity contribution in [3.63, 3.8) is 0 Å². The molecule has 2 aromatic carbocycles. The van der Waals surface area contributed by atoms with Crippen LogP contribution in [0.3, 0.4) is 0 Å². The smallest absolute Gasteiger partial charge is 0.217 e. The molecule has 0 spiro atoms. The van der Waals surface area contributed by atoms with Gasteiger partial charge in [-0.3, -0.25) is 0 Å². The third-order valence-electron chi connectivity index (χ3n) is 6.69. The van der Waals surface area contributed by atoms with Gasteiger partial charge in [-0.05, 0) is 34.7 Å². The van der Waals surface area contributed by atoms with Crippen LogP contribution in [0.15, 0.2) is 119 Å². The number of nitrogens with zero attached hydrogens (tertiary/aromatic N) is 3. The second-order valence-corrected chi connectivity index (χ2v) is 8.75. The SMILES string of the molecule is COc1ccnc(-n2c3[c-]c(OC4=CC5=CC=CC6=CC=C(O)C(=N4)C65)ccc3c3ccccc32)c1.[Pt]. The molecule has 1 unspecified atom stereocenters. The number of pyridine rings is 1. The summed E-state index contributed by atoms with van der Waals surface area (Å²) in [7, 11) is 1.64. The molecule has 184 valence electrons. The van der Waals surface area contributed by atoms with Crippen LogP contribution in [0.5, 0.6) is 11.5 Å². The zero-order valence-electron chi connectivity index (χ0n) is 19.7. The summed E-state index contributed by atoms with van der Waals surface area (Å²) in [4.78, 5) is 9.25. The molecule has 0 bridgehead atoms. The van der Waals surface area contributed by atoms with Gasteiger partial charge in [-0.2, -0.15) is 6.07 Å². The van der Waals surface area contributed by atoms with E-state index < -0.39 is 0 Å². The summed E-state index contributed by atoms with van der Waals surface area (Å²) >= 11 is 0. The maximum atomic E-state index is 10.5. The van der Waals surface area contributed by atoms with Crippen molar-refractivity contribution in [3.8, 4) is 17.3 Å². The van der Waals surface area contributed by atoms with E-state index >= 15 is 0 Å². The first-order valence-electron chi connectivity index (χ1n) is 11.6. The van der Waals surface area contributed by atoms with Crippen molar-refractivity contribution in [3.05, 3.63) is 120 Å². The maximum absolute atomic E-state index is 10.5. The van der Waals surface area contributed by atoms with Gasteiger partial charge in [0.15, 0.2) is 0 Å². The van der Waals surface area contributed by atoms with Gasteiger partial charge in [0.25, 0.3) is 0 Å². The fourth-order valence-corrected chi connectivity index (χ4v) is 5.06. The Hall–Kier alpha value is -4.15. The average Bonchev–Trinajstić information content (AvgIpc) is 3.24. The number of aliphatic hydroxyl groups is 1. The second kappa shape index (κ2) is 9.06. The molecule has 0 radical (unpaired) electrons. The Balaban J connectivity index is 0.00000252. The fourth-order valence-electron chi connectivity index (χ4n) is 5.06. The van der Waals surface area contributed by atoms with E-state index in [4.69, 9.17) is 9.47 Å². The van der Waals surface area contributed by atoms with Crippen molar-refractivity contribution in [1.82, 2.24) is 9.55 Å². The molecule has 2 aliphatic carbocycles. The van der Waals surface area contributed by atoms with Gasteiger partial charge in [0, 0.05) is 50.7 Å². The molecule has 3 heterocycles. The molecule has 1 aliphatic heterocycles. The van der Waals surface area contributed by atoms with Crippen LogP contribution in [-0.2, 0) is 21.1 Å². The molecule has 1 N–H and O–H groups in total. The normalized spacial score (nSPS) is 17.6. The van der Waals surface area contributed by atoms with E-state index in [9.17, 15) is 5.11 Å². The summed E-state index contributed by atoms with van der Waals surface area (Å²) < 4.78 is 13.7. The van der Waals surface area contributed by atoms with Crippen molar-refractivity contribution in [2.45, 2.75) is 0 Å². The van der Waals surface area contributed by atoms with E-state index in [1.807, 2.05) is 66.8 Å². The zero-order chi connectivity index (χ0) is 24.2. The molecule has 4 aromatic rings. The number of aliphatic imine (C=N–C) groups is 1. The molecule has 1 atom stereocenters. The summed E-state index contributed by atoms with van der Waals surface area (Å²) in [6, 6.07) is 19.3. The molecule has 7 heteroatoms. The van der Waals surface area contributed by atoms with Crippen LogP contribution in [0.2, 0.25) is 0 Å². The minimum absolute atomic E-state index is 0. The van der Waals surface area contributed by atoms with Crippen molar-refractivity contribution in [2.24, 2.45) is 10.9 Å². The number of fused-ring (bicyclic) bond motifs is 3. The average molecular weight is 666 g/mol. The summed E-state index contributed by atoms with van der Waals surface area (Å²) in [6.45, 7) is 0. The molecule has 0 saturated heterocycles. The van der Waals surface area contributed by atoms with E-state index in [0.29, 0.717) is 17.3 Å². The summed E-state index contributed by atoms with van der Waals surface area (Å²) in [5, 5.41) is 12.6. The van der Waals surface area contributed by atoms with Crippen molar-refractivity contribution in [1.29, 1.82) is 0 Å². The van der Waals surface area contributed by atoms with Gasteiger partial charge < -0.3 is 19.1 Å². The van der Waals surface area contributed by atoms with Crippen molar-refractivity contribution < 1.29 is 35.6 Å². The number of hydrogen-bond donors (Lipinski definition) is 1. The van der Waals surface area contributed by atoms with Gasteiger partial charge in [-0.1, -0.05) is 48.0 Å². The molecule has 2 aromatic heterocycles. The Bertz CT molecular complexity index is 1770. The Morgan fingerprint density at radius 1 is 1.00 bits per heavy atom. The van der Waals surface area contributed by atoms with Crippen LogP contribution in [0.25, 0.3) is 27.6 Å². The molecule has 6 nitrogen and oxygen atoms in total. The summed E-state index contributed by atoms with van der Waals surface area (Å²) in [5.41, 5.74) is 4.57. The van der Waals surface area contributed by atoms with Crippen molar-refractivity contribution in [2.75, 3.05) is 7.11 Å². The van der Waals surface area contributed by atoms with Gasteiger partial charge in [0.1, 0.15) is 17.3 Å². The quantitative estimate of drug-likeness (QED) is 0.266. The maximum Gasteiger partial charge on any atom is 0.217 e. The number of para-hydroxylation sites is 1. The molecule has 0 fully saturated rings. The van der Waals surface area contributed by atoms with Crippen molar-refractivity contribution >= 4 is 27.5 Å². The van der Waals surface area contributed by atoms with Crippen LogP contribution in [0, 0.1) is 12.0 Å². The van der Waals surface area contributed by atoms with Crippen LogP contribution < -0.4 is 9.47 Å². The van der Waals surface area contributed by atoms with Crippen LogP contribution >= 0.6 is 0 Å². The number of aromatic nitrogens is 2. The molecule has 7 rings (SSSR count). The summed E-state index contributed by atoms with van der Waals surface area (Å²) in [5.74, 6) is 2.46. The fraction of sp³-hybridized carbons (Fsp3) is 0.0667. The third kappa shape index (κ3) is 3.76. The number of ether oxygens (including phenoxy) is 2. The molecular weight excluding hydrogens is 645 g/mol. The molecule has 3 aliphatic rings. The van der Waals surface area contributed by atoms with Crippen LogP contribution in [0.4, 0.5) is 0 Å². The number of allylic oxidation sites excluding steroid dienone is 9. The number of hydrogen-bond acceptors (Lipinski definition) is 5. The first-order chi connectivity index (χ1) is 17.7. The molecule has 37 heavy (non-hydrogen) atoms. The van der Waals surface area contributed by atoms with E-state index in [-0.39, 0.29) is 32.7 Å². The van der Waals surface area contributed by atoms with E-state index in [1.54, 1.807) is 19.4 Å². The monoisotopic (exact) mass is 665 g/mol. The van der Waals surface area contributed by atoms with Gasteiger partial charge in [0.05, 0.1) is 18.7 Å². The standard InChI is InChI=1S/C30H20N3O3.Pt/c1-35-20-13-14-31-27(17-20)33-24-8-3-2-7-22(24)23-11-10-21(16-25(23)33)36-28-15-19-6-4-5-18-9-12-26(34)30(32-28)29(18)19;/h2-15,17,29,34H,1H3;/q-1;. The van der Waals surface area contributed by atoms with E-state index in [0.717, 1.165) is 44.5 Å². The largest absolute Gasteiger partial charge is 0.506 e. The van der Waals surface area contributed by atoms with E-state index in [2.05, 4.69) is 32.7 Å². The Morgan fingerprint density at radius 2 is 1.89 bits per heavy atom. The van der Waals surface area contributed by atoms with E-state index in [1.165, 1.54) is 0 Å². The van der Waals surface area contributed by atoms with Gasteiger partial charge >= 0.3 is 0 Å². The predicted molar refractivity (Wildman–Crippen MR) is 140 cm³/mol. The van der Waals surface area contributed by atoms with Gasteiger partial charge in [-0.15, -0.1) is 17.5 Å². The minimum Gasteiger partial charge on any atom is -0.506 e. The Kier molecular flexibility index (Phi) is 5.69. The minimum atomic E-state index is -0.0690. The first-order valence-corrected chi connectivity index (χ1v) is 11.6. The number of methoxy groups -OCH3 is 1. The summed E-state index contributed by atoms with van der Waals surface area (Å²) in [6.07, 6.45) is 13.3. The molecule has 0 saturated carbocycles. The zero-order valence-corrected chi connectivity index (χ0v) is 21.9. The number of aliphatic hydroxyl groups excluding tert-OH is 1. The second-order valence-electron chi connectivity index (χ2n) is 8.75. The van der Waals surface area contributed by atoms with Crippen LogP contribution in [-0.4, -0.2) is 27.5 Å². The molecule has 0 amide bonds. The Morgan fingerprint density at radius 3 is 2.78 bits per heavy atom. The van der Waals surface area contributed by atoms with Crippen LogP contribution in [0.1, 0.15) is 0 Å². The number of benzene rings is 2. The number of rotatable bonds is 4. The van der Waals surface area contributed by atoms with Gasteiger partial charge in [0.2, 0.25) is 5.88 Å². The molecular formula is C30H20N3O3Pt-.